The standard InChI is InChI=1S/C40H61N11O19/c1-16-14-23(55)46-24(17(2)53)36(64)50-12-5-8-21(50)35(63)49-11-4-7-20(49)31(59)44-18(6-3-10-43-40(41)42)30(58)47-25(28(56)37(65)66)32(60)45-19(15-52)34(62)51-13-9-22(54)27(51)33(61)48-26(39(69)70-16)29(57)38(67)68/h16-22,24-29,52-54,56-57H,3-15H2,1-2H3,(H,44,59)(H,45,60)(H,46,55)(H,47,58)(H,48,61)(H,65,66)(H,67,68)(H4,41,42,43). The smallest absolute Gasteiger partial charge is 0.335 e. The van der Waals surface area contributed by atoms with Gasteiger partial charge in [-0.15, -0.1) is 0 Å². The summed E-state index contributed by atoms with van der Waals surface area (Å²) in [5.74, 6) is -15.5. The number of nitrogens with one attached hydrogen (secondary N) is 7. The number of nitrogens with zero attached hydrogens (tertiary/aromatic N) is 3. The van der Waals surface area contributed by atoms with E-state index in [4.69, 9.17) is 15.9 Å². The fraction of sp³-hybridized carbons (Fsp3) is 0.700. The van der Waals surface area contributed by atoms with Crippen LogP contribution in [0.5, 0.6) is 0 Å². The molecular formula is C40H61N11O19. The van der Waals surface area contributed by atoms with Gasteiger partial charge in [-0.3, -0.25) is 43.8 Å². The average molecular weight is 1000 g/mol. The summed E-state index contributed by atoms with van der Waals surface area (Å²) in [4.78, 5) is 151. The molecule has 13 atom stereocenters. The number of carboxylic acids is 2. The maximum Gasteiger partial charge on any atom is 0.335 e. The van der Waals surface area contributed by atoms with Gasteiger partial charge in [0, 0.05) is 26.2 Å². The number of aliphatic hydroxyl groups excluding tert-OH is 5. The summed E-state index contributed by atoms with van der Waals surface area (Å²) in [5.41, 5.74) is 5.36. The van der Waals surface area contributed by atoms with Gasteiger partial charge in [0.1, 0.15) is 48.4 Å². The second-order valence-corrected chi connectivity index (χ2v) is 17.3. The Kier molecular flexibility index (Phi) is 19.7. The van der Waals surface area contributed by atoms with Crippen LogP contribution < -0.4 is 37.6 Å². The van der Waals surface area contributed by atoms with Crippen LogP contribution in [0.1, 0.15) is 65.2 Å². The van der Waals surface area contributed by atoms with E-state index in [0.717, 1.165) is 11.8 Å². The maximum absolute atomic E-state index is 14.2. The fourth-order valence-corrected chi connectivity index (χ4v) is 8.54. The van der Waals surface area contributed by atoms with Crippen molar-refractivity contribution in [3.8, 4) is 0 Å². The molecule has 4 aliphatic rings. The maximum atomic E-state index is 14.2. The number of nitrogens with two attached hydrogens (primary N) is 1. The lowest BCUT2D eigenvalue weighted by Gasteiger charge is -2.34. The van der Waals surface area contributed by atoms with Crippen molar-refractivity contribution in [1.29, 1.82) is 5.41 Å². The van der Waals surface area contributed by atoms with Gasteiger partial charge < -0.3 is 92.8 Å². The normalized spacial score (nSPS) is 30.7. The number of aliphatic carboxylic acids is 2. The number of carbonyl (C=O) groups is 11. The zero-order valence-electron chi connectivity index (χ0n) is 38.1. The Hall–Kier alpha value is -6.76. The lowest BCUT2D eigenvalue weighted by atomic mass is 10.0. The van der Waals surface area contributed by atoms with E-state index >= 15 is 0 Å². The molecule has 0 bridgehead atoms. The van der Waals surface area contributed by atoms with Gasteiger partial charge in [-0.05, 0) is 58.8 Å². The largest absolute Gasteiger partial charge is 0.479 e. The van der Waals surface area contributed by atoms with Crippen LogP contribution in [0, 0.1) is 5.41 Å². The molecule has 0 spiro atoms. The monoisotopic (exact) mass is 999 g/mol. The van der Waals surface area contributed by atoms with Gasteiger partial charge in [0.05, 0.1) is 25.2 Å². The molecule has 0 aromatic carbocycles. The quantitative estimate of drug-likeness (QED) is 0.0418. The number of aliphatic hydroxyl groups is 5. The topological polar surface area (TPSA) is 470 Å². The first-order valence-corrected chi connectivity index (χ1v) is 22.4. The molecule has 13 unspecified atom stereocenters. The predicted molar refractivity (Wildman–Crippen MR) is 231 cm³/mol. The van der Waals surface area contributed by atoms with Crippen molar-refractivity contribution in [3.05, 3.63) is 0 Å². The summed E-state index contributed by atoms with van der Waals surface area (Å²) in [6.07, 6.45) is -11.1. The van der Waals surface area contributed by atoms with Crippen molar-refractivity contribution in [2.45, 2.75) is 144 Å². The van der Waals surface area contributed by atoms with Crippen LogP contribution in [0.25, 0.3) is 0 Å². The number of ether oxygens (including phenoxy) is 1. The van der Waals surface area contributed by atoms with Crippen molar-refractivity contribution < 1.29 is 93.2 Å². The summed E-state index contributed by atoms with van der Waals surface area (Å²) in [6.45, 7) is 0.457. The molecule has 4 rings (SSSR count). The Morgan fingerprint density at radius 2 is 1.30 bits per heavy atom. The van der Waals surface area contributed by atoms with Gasteiger partial charge >= 0.3 is 17.9 Å². The van der Waals surface area contributed by atoms with E-state index < -0.39 is 170 Å². The lowest BCUT2D eigenvalue weighted by Crippen LogP contribution is -2.64. The zero-order valence-corrected chi connectivity index (χ0v) is 38.1. The van der Waals surface area contributed by atoms with E-state index in [1.807, 2.05) is 16.0 Å². The zero-order chi connectivity index (χ0) is 52.3. The second kappa shape index (κ2) is 24.7. The fourth-order valence-electron chi connectivity index (χ4n) is 8.54. The van der Waals surface area contributed by atoms with Crippen molar-refractivity contribution in [1.82, 2.24) is 46.6 Å². The van der Waals surface area contributed by atoms with Crippen LogP contribution in [-0.2, 0) is 57.5 Å². The molecule has 0 aromatic rings. The molecule has 4 heterocycles. The van der Waals surface area contributed by atoms with Crippen molar-refractivity contribution in [2.24, 2.45) is 5.73 Å². The van der Waals surface area contributed by atoms with E-state index in [2.05, 4.69) is 16.0 Å². The van der Waals surface area contributed by atoms with Gasteiger partial charge in [-0.2, -0.15) is 0 Å². The van der Waals surface area contributed by atoms with E-state index in [1.54, 1.807) is 0 Å². The number of esters is 1. The first-order valence-electron chi connectivity index (χ1n) is 22.4. The molecule has 0 saturated carbocycles. The summed E-state index contributed by atoms with van der Waals surface area (Å²) in [7, 11) is 0. The number of guanidine groups is 1. The highest BCUT2D eigenvalue weighted by Crippen LogP contribution is 2.27. The second-order valence-electron chi connectivity index (χ2n) is 17.3. The van der Waals surface area contributed by atoms with E-state index in [0.29, 0.717) is 4.90 Å². The Morgan fingerprint density at radius 3 is 1.89 bits per heavy atom. The summed E-state index contributed by atoms with van der Waals surface area (Å²) in [6, 6.07) is -14.9. The molecule has 4 aliphatic heterocycles. The van der Waals surface area contributed by atoms with Crippen molar-refractivity contribution >= 4 is 71.1 Å². The Bertz CT molecular complexity index is 2040. The van der Waals surface area contributed by atoms with Gasteiger partial charge in [0.15, 0.2) is 24.2 Å². The number of hydrogen-bond acceptors (Lipinski definition) is 18. The third kappa shape index (κ3) is 13.7. The Morgan fingerprint density at radius 1 is 0.729 bits per heavy atom. The number of carboxylic acid groups (broad SMARTS) is 2. The number of hydrogen-bond donors (Lipinski definition) is 15. The van der Waals surface area contributed by atoms with Crippen LogP contribution in [0.15, 0.2) is 0 Å². The minimum absolute atomic E-state index is 0.00494. The number of rotatable bonds is 10. The molecule has 0 aliphatic carbocycles. The molecule has 70 heavy (non-hydrogen) atoms. The summed E-state index contributed by atoms with van der Waals surface area (Å²) >= 11 is 0. The van der Waals surface area contributed by atoms with Crippen LogP contribution in [-0.4, -0.2) is 233 Å². The SMILES string of the molecule is CC1CC(=O)NC(C(C)O)C(=O)N2CCCC2C(=O)N2CCCC2C(=O)NC(CCCNC(=N)N)C(=O)NC(C(O)C(=O)O)C(=O)NC(CO)C(=O)N2CCC(O)C2C(=O)NC(C(O)C(=O)O)C(=O)O1. The Balaban J connectivity index is 1.77. The van der Waals surface area contributed by atoms with Crippen LogP contribution in [0.3, 0.4) is 0 Å². The predicted octanol–water partition coefficient (Wildman–Crippen LogP) is -8.78. The van der Waals surface area contributed by atoms with Crippen LogP contribution in [0.2, 0.25) is 0 Å². The van der Waals surface area contributed by atoms with Crippen LogP contribution >= 0.6 is 0 Å². The van der Waals surface area contributed by atoms with E-state index in [9.17, 15) is 88.5 Å². The molecule has 4 fully saturated rings. The third-order valence-corrected chi connectivity index (χ3v) is 12.1. The molecule has 390 valence electrons. The van der Waals surface area contributed by atoms with Gasteiger partial charge in [0.2, 0.25) is 47.3 Å². The number of cyclic esters (lactones) is 1. The van der Waals surface area contributed by atoms with Crippen molar-refractivity contribution in [3.63, 3.8) is 0 Å². The minimum atomic E-state index is -2.76. The van der Waals surface area contributed by atoms with E-state index in [1.165, 1.54) is 11.8 Å². The first-order chi connectivity index (χ1) is 32.9. The number of amides is 8. The highest BCUT2D eigenvalue weighted by atomic mass is 16.5. The average Bonchev–Trinajstić information content (AvgIpc) is 4.08. The number of carbonyl (C=O) groups excluding carboxylic acids is 9. The highest BCUT2D eigenvalue weighted by molar-refractivity contribution is 6.00. The molecule has 4 saturated heterocycles. The van der Waals surface area contributed by atoms with Crippen molar-refractivity contribution in [2.75, 3.05) is 32.8 Å². The molecule has 0 aromatic heterocycles. The highest BCUT2D eigenvalue weighted by Gasteiger charge is 2.48. The van der Waals surface area contributed by atoms with Gasteiger partial charge in [-0.25, -0.2) is 14.4 Å². The molecular weight excluding hydrogens is 938 g/mol. The minimum Gasteiger partial charge on any atom is -0.479 e. The van der Waals surface area contributed by atoms with Gasteiger partial charge in [-0.1, -0.05) is 0 Å². The molecule has 8 amide bonds. The van der Waals surface area contributed by atoms with Gasteiger partial charge in [0.25, 0.3) is 0 Å². The molecule has 0 radical (unpaired) electrons. The Labute approximate surface area is 398 Å². The molecule has 16 N–H and O–H groups in total. The lowest BCUT2D eigenvalue weighted by molar-refractivity contribution is -0.164. The van der Waals surface area contributed by atoms with Crippen LogP contribution in [0.4, 0.5) is 0 Å². The first kappa shape index (κ1) is 55.8. The molecule has 30 nitrogen and oxygen atoms in total. The molecule has 30 heteroatoms. The summed E-state index contributed by atoms with van der Waals surface area (Å²) in [5, 5.41) is 92.8. The number of fused-ring (bicyclic) bond motifs is 3. The van der Waals surface area contributed by atoms with E-state index in [-0.39, 0.29) is 64.6 Å². The summed E-state index contributed by atoms with van der Waals surface area (Å²) < 4.78 is 5.18. The third-order valence-electron chi connectivity index (χ3n) is 12.1.